The summed E-state index contributed by atoms with van der Waals surface area (Å²) in [5.41, 5.74) is 0. The average Bonchev–Trinajstić information content (AvgIpc) is 1.38. The Balaban J connectivity index is -0.00000000800. The number of hydrogen-bond acceptors (Lipinski definition) is 0. The molecule has 0 aromatic rings. The summed E-state index contributed by atoms with van der Waals surface area (Å²) in [7, 11) is 0. The molecule has 0 saturated heterocycles. The molecule has 0 aliphatic rings. The Labute approximate surface area is 109 Å². The minimum Gasteiger partial charge on any atom is -0.358 e. The van der Waals surface area contributed by atoms with E-state index >= 15 is 0 Å². The van der Waals surface area contributed by atoms with Crippen molar-refractivity contribution in [2.75, 3.05) is 0 Å². The largest absolute Gasteiger partial charge is 2.00 e. The van der Waals surface area contributed by atoms with E-state index in [1.807, 2.05) is 0 Å². The summed E-state index contributed by atoms with van der Waals surface area (Å²) < 4.78 is 0. The van der Waals surface area contributed by atoms with Crippen LogP contribution < -0.4 is 0 Å². The first kappa shape index (κ1) is 40.7. The fourth-order valence-corrected chi connectivity index (χ4v) is 0. The quantitative estimate of drug-likeness (QED) is 0.481. The van der Waals surface area contributed by atoms with Gasteiger partial charge in [-0.3, -0.25) is 0 Å². The van der Waals surface area contributed by atoms with Gasteiger partial charge in [0.2, 0.25) is 0 Å². The van der Waals surface area contributed by atoms with Gasteiger partial charge in [-0.25, -0.2) is 0 Å². The van der Waals surface area contributed by atoms with Crippen LogP contribution in [0, 0.1) is 20.3 Å². The molecule has 0 N–H and O–H groups in total. The van der Waals surface area contributed by atoms with Gasteiger partial charge in [-0.1, -0.05) is 27.2 Å². The van der Waals surface area contributed by atoms with Crippen LogP contribution in [0.3, 0.4) is 0 Å². The third kappa shape index (κ3) is 52.0. The summed E-state index contributed by atoms with van der Waals surface area (Å²) in [6, 6.07) is 0. The van der Waals surface area contributed by atoms with Crippen LogP contribution in [0.15, 0.2) is 0 Å². The van der Waals surface area contributed by atoms with Gasteiger partial charge in [0.25, 0.3) is 0 Å². The molecular formula is C7H18BWY. The Hall–Kier alpha value is 1.86. The van der Waals surface area contributed by atoms with Gasteiger partial charge < -0.3 is 14.4 Å². The van der Waals surface area contributed by atoms with Crippen LogP contribution in [0.4, 0.5) is 0 Å². The molecule has 0 atom stereocenters. The minimum absolute atomic E-state index is 0. The van der Waals surface area contributed by atoms with Crippen molar-refractivity contribution < 1.29 is 53.8 Å². The molecule has 0 nitrogen and oxygen atoms in total. The molecule has 0 heterocycles. The summed E-state index contributed by atoms with van der Waals surface area (Å²) in [6.45, 7) is 8.00. The topological polar surface area (TPSA) is 0 Å². The second-order valence-electron chi connectivity index (χ2n) is 1.68. The molecule has 0 aliphatic carbocycles. The molecule has 10 heavy (non-hydrogen) atoms. The van der Waals surface area contributed by atoms with Crippen LogP contribution in [0.25, 0.3) is 0 Å². The standard InChI is InChI=1S/C5H11.CH4.CH3.B.W.Y/c1-4-5(2)3;;;;;/h5H,1,4H2,2-3H3;1H4;1H3;;;/q-1;;-1;;+2;. The predicted molar refractivity (Wildman–Crippen MR) is 43.7 cm³/mol. The van der Waals surface area contributed by atoms with Gasteiger partial charge in [-0.05, 0) is 0 Å². The Kier molecular flexibility index (Phi) is 125. The fourth-order valence-electron chi connectivity index (χ4n) is 0. The molecule has 0 aromatic carbocycles. The summed E-state index contributed by atoms with van der Waals surface area (Å²) >= 11 is 0. The van der Waals surface area contributed by atoms with Gasteiger partial charge in [-0.2, -0.15) is 6.42 Å². The molecule has 0 bridgehead atoms. The maximum Gasteiger partial charge on any atom is 2.00 e. The molecule has 0 rings (SSSR count). The van der Waals surface area contributed by atoms with Crippen molar-refractivity contribution in [2.45, 2.75) is 27.7 Å². The second kappa shape index (κ2) is 30.8. The summed E-state index contributed by atoms with van der Waals surface area (Å²) in [5.74, 6) is 0.773. The predicted octanol–water partition coefficient (Wildman–Crippen LogP) is 2.57. The summed E-state index contributed by atoms with van der Waals surface area (Å²) in [4.78, 5) is 0. The zero-order valence-corrected chi connectivity index (χ0v) is 12.3. The van der Waals surface area contributed by atoms with Crippen molar-refractivity contribution in [3.05, 3.63) is 14.4 Å². The van der Waals surface area contributed by atoms with Gasteiger partial charge in [0.05, 0.1) is 0 Å². The first-order chi connectivity index (χ1) is 2.27. The first-order valence-electron chi connectivity index (χ1n) is 2.06. The molecule has 0 aliphatic heterocycles. The summed E-state index contributed by atoms with van der Waals surface area (Å²) in [6.07, 6.45) is 1.06. The molecule has 0 spiro atoms. The number of rotatable bonds is 1. The molecule has 4 radical (unpaired) electrons. The van der Waals surface area contributed by atoms with Crippen molar-refractivity contribution in [3.63, 3.8) is 0 Å². The third-order valence-electron chi connectivity index (χ3n) is 0.577. The van der Waals surface area contributed by atoms with E-state index in [2.05, 4.69) is 20.8 Å². The molecule has 58 valence electrons. The Morgan fingerprint density at radius 1 is 1.30 bits per heavy atom. The Bertz CT molecular complexity index is 27.6. The third-order valence-corrected chi connectivity index (χ3v) is 0.577. The van der Waals surface area contributed by atoms with E-state index in [0.29, 0.717) is 0 Å². The van der Waals surface area contributed by atoms with Crippen LogP contribution in [-0.4, -0.2) is 8.41 Å². The Morgan fingerprint density at radius 2 is 1.40 bits per heavy atom. The SMILES string of the molecule is C.[B].[CH2-]CC(C)C.[CH3-].[W+2].[Y]. The summed E-state index contributed by atoms with van der Waals surface area (Å²) in [5, 5.41) is 0. The Morgan fingerprint density at radius 3 is 1.40 bits per heavy atom. The van der Waals surface area contributed by atoms with Crippen molar-refractivity contribution in [3.8, 4) is 0 Å². The van der Waals surface area contributed by atoms with Crippen molar-refractivity contribution in [2.24, 2.45) is 5.92 Å². The molecule has 0 fully saturated rings. The van der Waals surface area contributed by atoms with Crippen molar-refractivity contribution in [1.29, 1.82) is 0 Å². The molecule has 0 amide bonds. The minimum atomic E-state index is 0. The maximum absolute atomic E-state index is 3.69. The second-order valence-corrected chi connectivity index (χ2v) is 1.68. The fraction of sp³-hybridized carbons (Fsp3) is 0.714. The maximum atomic E-state index is 3.69. The van der Waals surface area contributed by atoms with Gasteiger partial charge in [-0.15, -0.1) is 0 Å². The van der Waals surface area contributed by atoms with Gasteiger partial charge in [0.1, 0.15) is 0 Å². The van der Waals surface area contributed by atoms with E-state index in [9.17, 15) is 0 Å². The molecule has 3 heteroatoms. The monoisotopic (exact) mass is 386 g/mol. The van der Waals surface area contributed by atoms with Crippen molar-refractivity contribution >= 4 is 8.41 Å². The molecular weight excluding hydrogens is 368 g/mol. The van der Waals surface area contributed by atoms with E-state index in [-0.39, 0.29) is 77.0 Å². The van der Waals surface area contributed by atoms with Gasteiger partial charge in [0.15, 0.2) is 0 Å². The smallest absolute Gasteiger partial charge is 0.358 e. The van der Waals surface area contributed by atoms with E-state index in [4.69, 9.17) is 0 Å². The van der Waals surface area contributed by atoms with Gasteiger partial charge in [0, 0.05) is 41.1 Å². The van der Waals surface area contributed by atoms with E-state index in [1.165, 1.54) is 0 Å². The van der Waals surface area contributed by atoms with Crippen LogP contribution in [0.1, 0.15) is 27.7 Å². The molecule has 0 aromatic heterocycles. The van der Waals surface area contributed by atoms with E-state index < -0.39 is 0 Å². The average molecular weight is 386 g/mol. The van der Waals surface area contributed by atoms with Crippen LogP contribution >= 0.6 is 0 Å². The van der Waals surface area contributed by atoms with Gasteiger partial charge >= 0.3 is 21.1 Å². The zero-order valence-electron chi connectivity index (χ0n) is 6.55. The first-order valence-corrected chi connectivity index (χ1v) is 2.06. The van der Waals surface area contributed by atoms with Crippen LogP contribution in [0.2, 0.25) is 0 Å². The van der Waals surface area contributed by atoms with Crippen LogP contribution in [0.5, 0.6) is 0 Å². The molecule has 0 unspecified atom stereocenters. The molecule has 0 saturated carbocycles. The number of hydrogen-bond donors (Lipinski definition) is 0. The van der Waals surface area contributed by atoms with Crippen LogP contribution in [-0.2, 0) is 53.8 Å². The zero-order chi connectivity index (χ0) is 4.28. The van der Waals surface area contributed by atoms with Crippen molar-refractivity contribution in [1.82, 2.24) is 0 Å². The normalized spacial score (nSPS) is 4.80. The van der Waals surface area contributed by atoms with E-state index in [0.717, 1.165) is 12.3 Å². The van der Waals surface area contributed by atoms with E-state index in [1.54, 1.807) is 0 Å².